The van der Waals surface area contributed by atoms with E-state index in [0.29, 0.717) is 12.0 Å². The highest BCUT2D eigenvalue weighted by molar-refractivity contribution is 5.80. The first-order valence-electron chi connectivity index (χ1n) is 9.66. The van der Waals surface area contributed by atoms with E-state index in [2.05, 4.69) is 83.4 Å². The first-order chi connectivity index (χ1) is 12.9. The van der Waals surface area contributed by atoms with Gasteiger partial charge in [-0.25, -0.2) is 0 Å². The summed E-state index contributed by atoms with van der Waals surface area (Å²) in [4.78, 5) is 0. The minimum atomic E-state index is 0.568. The predicted octanol–water partition coefficient (Wildman–Crippen LogP) is 5.28. The van der Waals surface area contributed by atoms with Gasteiger partial charge in [0.05, 0.1) is 0 Å². The molecule has 1 saturated heterocycles. The lowest BCUT2D eigenvalue weighted by Gasteiger charge is -2.18. The third-order valence-electron chi connectivity index (χ3n) is 5.85. The van der Waals surface area contributed by atoms with Gasteiger partial charge in [-0.1, -0.05) is 60.7 Å². The topological polar surface area (TPSA) is 24.1 Å². The number of hydrogen-bond acceptors (Lipinski definition) is 2. The molecular weight excluding hydrogens is 316 g/mol. The van der Waals surface area contributed by atoms with Crippen LogP contribution in [0.25, 0.3) is 22.3 Å². The zero-order valence-electron chi connectivity index (χ0n) is 14.9. The van der Waals surface area contributed by atoms with Crippen molar-refractivity contribution in [2.24, 2.45) is 0 Å². The first kappa shape index (κ1) is 15.7. The molecule has 2 unspecified atom stereocenters. The van der Waals surface area contributed by atoms with Crippen molar-refractivity contribution in [3.8, 4) is 22.3 Å². The lowest BCUT2D eigenvalue weighted by atomic mass is 9.85. The molecule has 2 N–H and O–H groups in total. The van der Waals surface area contributed by atoms with Crippen molar-refractivity contribution in [1.82, 2.24) is 5.32 Å². The number of fused-ring (bicyclic) bond motifs is 3. The second kappa shape index (κ2) is 6.62. The van der Waals surface area contributed by atoms with Crippen LogP contribution in [-0.2, 0) is 0 Å². The summed E-state index contributed by atoms with van der Waals surface area (Å²) in [5.74, 6) is 0.608. The maximum atomic E-state index is 3.79. The molecule has 0 spiro atoms. The second-order valence-corrected chi connectivity index (χ2v) is 7.40. The van der Waals surface area contributed by atoms with Gasteiger partial charge in [-0.2, -0.15) is 0 Å². The molecule has 2 aliphatic rings. The zero-order valence-corrected chi connectivity index (χ0v) is 14.9. The fourth-order valence-electron chi connectivity index (χ4n) is 4.60. The summed E-state index contributed by atoms with van der Waals surface area (Å²) >= 11 is 0. The van der Waals surface area contributed by atoms with Crippen LogP contribution in [0.2, 0.25) is 0 Å². The molecule has 0 bridgehead atoms. The molecule has 0 radical (unpaired) electrons. The number of nitrogens with one attached hydrogen (secondary N) is 2. The van der Waals surface area contributed by atoms with Crippen molar-refractivity contribution in [1.29, 1.82) is 0 Å². The van der Waals surface area contributed by atoms with E-state index in [1.807, 2.05) is 0 Å². The van der Waals surface area contributed by atoms with Crippen molar-refractivity contribution in [3.63, 3.8) is 0 Å². The maximum Gasteiger partial charge on any atom is 0.0384 e. The van der Waals surface area contributed by atoms with Crippen molar-refractivity contribution in [3.05, 3.63) is 78.4 Å². The van der Waals surface area contributed by atoms with Gasteiger partial charge in [0.25, 0.3) is 0 Å². The largest absolute Gasteiger partial charge is 0.381 e. The summed E-state index contributed by atoms with van der Waals surface area (Å²) < 4.78 is 0. The van der Waals surface area contributed by atoms with E-state index in [1.165, 1.54) is 46.3 Å². The van der Waals surface area contributed by atoms with Gasteiger partial charge >= 0.3 is 0 Å². The zero-order chi connectivity index (χ0) is 17.3. The van der Waals surface area contributed by atoms with E-state index >= 15 is 0 Å². The number of rotatable bonds is 2. The monoisotopic (exact) mass is 340 g/mol. The minimum absolute atomic E-state index is 0.568. The van der Waals surface area contributed by atoms with Gasteiger partial charge in [0.15, 0.2) is 0 Å². The summed E-state index contributed by atoms with van der Waals surface area (Å²) in [5, 5.41) is 7.35. The predicted molar refractivity (Wildman–Crippen MR) is 110 cm³/mol. The van der Waals surface area contributed by atoms with Gasteiger partial charge in [-0.3, -0.25) is 0 Å². The van der Waals surface area contributed by atoms with Crippen LogP contribution in [0.5, 0.6) is 0 Å². The molecule has 3 aromatic carbocycles. The maximum absolute atomic E-state index is 3.79. The Balaban J connectivity index is 1.60. The van der Waals surface area contributed by atoms with E-state index in [-0.39, 0.29) is 0 Å². The van der Waals surface area contributed by atoms with Gasteiger partial charge in [0, 0.05) is 17.6 Å². The average molecular weight is 340 g/mol. The molecule has 26 heavy (non-hydrogen) atoms. The van der Waals surface area contributed by atoms with Gasteiger partial charge in [-0.15, -0.1) is 0 Å². The molecule has 0 saturated carbocycles. The van der Waals surface area contributed by atoms with Crippen LogP contribution in [0.3, 0.4) is 0 Å². The van der Waals surface area contributed by atoms with Gasteiger partial charge in [0.1, 0.15) is 0 Å². The van der Waals surface area contributed by atoms with Crippen molar-refractivity contribution >= 4 is 5.69 Å². The summed E-state index contributed by atoms with van der Waals surface area (Å²) in [5.41, 5.74) is 8.13. The Hall–Kier alpha value is -2.58. The Bertz CT molecular complexity index is 917. The third-order valence-corrected chi connectivity index (χ3v) is 5.85. The minimum Gasteiger partial charge on any atom is -0.381 e. The van der Waals surface area contributed by atoms with Crippen LogP contribution in [0, 0.1) is 0 Å². The summed E-state index contributed by atoms with van der Waals surface area (Å²) in [6, 6.07) is 27.0. The molecule has 2 aliphatic heterocycles. The van der Waals surface area contributed by atoms with Gasteiger partial charge in [0.2, 0.25) is 0 Å². The normalized spacial score (nSPS) is 21.4. The van der Waals surface area contributed by atoms with Gasteiger partial charge < -0.3 is 10.6 Å². The first-order valence-corrected chi connectivity index (χ1v) is 9.66. The molecule has 2 heteroatoms. The molecule has 0 amide bonds. The molecule has 3 aromatic rings. The Labute approximate surface area is 155 Å². The molecule has 5 rings (SSSR count). The summed E-state index contributed by atoms with van der Waals surface area (Å²) in [6.07, 6.45) is 2.41. The van der Waals surface area contributed by atoms with Crippen LogP contribution in [0.15, 0.2) is 72.8 Å². The van der Waals surface area contributed by atoms with Crippen molar-refractivity contribution in [2.75, 3.05) is 18.4 Å². The van der Waals surface area contributed by atoms with E-state index in [4.69, 9.17) is 0 Å². The standard InChI is InChI=1S/C24H24N2/c1-2-6-17(7-3-1)18-8-4-9-19(16-18)20-10-5-11-23-24(20)21-12-14-25-15-13-22(21)26-23/h1-11,16,21-22,25-26H,12-15H2. The Morgan fingerprint density at radius 1 is 0.692 bits per heavy atom. The van der Waals surface area contributed by atoms with Crippen molar-refractivity contribution in [2.45, 2.75) is 24.8 Å². The fourth-order valence-corrected chi connectivity index (χ4v) is 4.60. The Morgan fingerprint density at radius 3 is 2.38 bits per heavy atom. The second-order valence-electron chi connectivity index (χ2n) is 7.40. The highest BCUT2D eigenvalue weighted by Crippen LogP contribution is 2.45. The SMILES string of the molecule is c1ccc(-c2cccc(-c3cccc4c3C3CCNCCC3N4)c2)cc1. The molecule has 2 heterocycles. The smallest absolute Gasteiger partial charge is 0.0384 e. The van der Waals surface area contributed by atoms with Crippen molar-refractivity contribution < 1.29 is 0 Å². The van der Waals surface area contributed by atoms with Crippen LogP contribution >= 0.6 is 0 Å². The molecule has 2 atom stereocenters. The Morgan fingerprint density at radius 2 is 1.46 bits per heavy atom. The lowest BCUT2D eigenvalue weighted by molar-refractivity contribution is 0.579. The average Bonchev–Trinajstić information content (AvgIpc) is 2.90. The Kier molecular flexibility index (Phi) is 3.99. The number of hydrogen-bond donors (Lipinski definition) is 2. The van der Waals surface area contributed by atoms with Crippen LogP contribution in [0.1, 0.15) is 24.3 Å². The molecular formula is C24H24N2. The third kappa shape index (κ3) is 2.71. The van der Waals surface area contributed by atoms with E-state index in [9.17, 15) is 0 Å². The van der Waals surface area contributed by atoms with E-state index < -0.39 is 0 Å². The highest BCUT2D eigenvalue weighted by atomic mass is 15.0. The van der Waals surface area contributed by atoms with Gasteiger partial charge in [-0.05, 0) is 65.9 Å². The summed E-state index contributed by atoms with van der Waals surface area (Å²) in [6.45, 7) is 2.22. The molecule has 0 aromatic heterocycles. The molecule has 2 nitrogen and oxygen atoms in total. The van der Waals surface area contributed by atoms with Crippen LogP contribution in [-0.4, -0.2) is 19.1 Å². The number of benzene rings is 3. The quantitative estimate of drug-likeness (QED) is 0.663. The fraction of sp³-hybridized carbons (Fsp3) is 0.250. The molecule has 1 fully saturated rings. The summed E-state index contributed by atoms with van der Waals surface area (Å²) in [7, 11) is 0. The number of anilines is 1. The molecule has 130 valence electrons. The lowest BCUT2D eigenvalue weighted by Crippen LogP contribution is -2.21. The molecule has 0 aliphatic carbocycles. The van der Waals surface area contributed by atoms with E-state index in [1.54, 1.807) is 0 Å². The van der Waals surface area contributed by atoms with E-state index in [0.717, 1.165) is 13.1 Å². The van der Waals surface area contributed by atoms with Crippen LogP contribution in [0.4, 0.5) is 5.69 Å². The van der Waals surface area contributed by atoms with Crippen LogP contribution < -0.4 is 10.6 Å². The highest BCUT2D eigenvalue weighted by Gasteiger charge is 2.34.